The van der Waals surface area contributed by atoms with Crippen LogP contribution in [0.2, 0.25) is 0 Å². The van der Waals surface area contributed by atoms with Crippen LogP contribution in [0.3, 0.4) is 0 Å². The van der Waals surface area contributed by atoms with E-state index in [1.165, 1.54) is 27.1 Å². The number of rotatable bonds is 1. The normalized spacial score (nSPS) is 12.7. The second kappa shape index (κ2) is 9.73. The van der Waals surface area contributed by atoms with E-state index in [1.807, 2.05) is 60.9 Å². The van der Waals surface area contributed by atoms with Crippen LogP contribution in [-0.4, -0.2) is 15.0 Å². The molecule has 0 amide bonds. The molecule has 0 bridgehead atoms. The van der Waals surface area contributed by atoms with Gasteiger partial charge in [-0.3, -0.25) is 0 Å². The molecule has 7 rings (SSSR count). The van der Waals surface area contributed by atoms with Gasteiger partial charge in [-0.2, -0.15) is 0 Å². The molecule has 0 aliphatic heterocycles. The fourth-order valence-corrected chi connectivity index (χ4v) is 4.96. The average molecular weight is 642 g/mol. The predicted molar refractivity (Wildman–Crippen MR) is 142 cm³/mol. The topological polar surface area (TPSA) is 38.7 Å². The maximum Gasteiger partial charge on any atom is 0.0167 e. The van der Waals surface area contributed by atoms with Crippen LogP contribution in [0.1, 0.15) is 25.1 Å². The standard InChI is InChI=1S/C21H15N2.C11H8N.Ir/c1-21(2)17-12-13-6-3-4-7-14(13)15-9-11-22-19(18(15)17)16-8-5-10-23-20(16)21;1-2-6-10(7-3-1)11-8-4-5-9-12-11;/h3-7,9-12H,1-2H3;1-6,8-9H;/q2*-1;. The molecule has 3 aromatic carbocycles. The van der Waals surface area contributed by atoms with Crippen molar-refractivity contribution in [3.05, 3.63) is 127 Å². The van der Waals surface area contributed by atoms with Crippen LogP contribution < -0.4 is 0 Å². The van der Waals surface area contributed by atoms with Gasteiger partial charge in [-0.15, -0.1) is 53.6 Å². The van der Waals surface area contributed by atoms with E-state index in [0.29, 0.717) is 0 Å². The molecule has 3 heterocycles. The van der Waals surface area contributed by atoms with Gasteiger partial charge in [0, 0.05) is 32.5 Å². The summed E-state index contributed by atoms with van der Waals surface area (Å²) in [7, 11) is 0. The van der Waals surface area contributed by atoms with Gasteiger partial charge in [0.2, 0.25) is 0 Å². The molecule has 6 aromatic rings. The van der Waals surface area contributed by atoms with E-state index in [2.05, 4.69) is 77.3 Å². The van der Waals surface area contributed by atoms with Crippen molar-refractivity contribution in [1.29, 1.82) is 0 Å². The molecule has 1 aliphatic carbocycles. The maximum atomic E-state index is 4.68. The Hall–Kier alpha value is -3.72. The molecule has 0 fully saturated rings. The average Bonchev–Trinajstić information content (AvgIpc) is 2.93. The number of fused-ring (bicyclic) bond motifs is 4. The van der Waals surface area contributed by atoms with Crippen molar-refractivity contribution in [1.82, 2.24) is 15.0 Å². The Balaban J connectivity index is 0.000000175. The van der Waals surface area contributed by atoms with Crippen molar-refractivity contribution in [3.63, 3.8) is 0 Å². The summed E-state index contributed by atoms with van der Waals surface area (Å²) in [5.74, 6) is 0. The molecule has 3 nitrogen and oxygen atoms in total. The molecule has 36 heavy (non-hydrogen) atoms. The van der Waals surface area contributed by atoms with Gasteiger partial charge < -0.3 is 15.0 Å². The number of hydrogen-bond donors (Lipinski definition) is 0. The summed E-state index contributed by atoms with van der Waals surface area (Å²) in [6.07, 6.45) is 5.51. The van der Waals surface area contributed by atoms with Crippen LogP contribution in [0.25, 0.3) is 44.1 Å². The molecule has 0 spiro atoms. The van der Waals surface area contributed by atoms with Crippen LogP contribution in [-0.2, 0) is 25.5 Å². The molecule has 0 atom stereocenters. The van der Waals surface area contributed by atoms with Gasteiger partial charge in [-0.25, -0.2) is 0 Å². The fraction of sp³-hybridized carbons (Fsp3) is 0.0938. The van der Waals surface area contributed by atoms with E-state index in [1.54, 1.807) is 6.20 Å². The Kier molecular flexibility index (Phi) is 6.49. The number of benzene rings is 3. The molecule has 1 aliphatic rings. The first kappa shape index (κ1) is 24.0. The number of nitrogens with zero attached hydrogens (tertiary/aromatic N) is 3. The molecular formula is C32H23IrN3-2. The van der Waals surface area contributed by atoms with Crippen molar-refractivity contribution in [3.8, 4) is 22.5 Å². The van der Waals surface area contributed by atoms with Gasteiger partial charge in [-0.1, -0.05) is 62.5 Å². The molecule has 1 radical (unpaired) electrons. The van der Waals surface area contributed by atoms with Crippen LogP contribution in [0.4, 0.5) is 0 Å². The van der Waals surface area contributed by atoms with Crippen molar-refractivity contribution >= 4 is 21.5 Å². The van der Waals surface area contributed by atoms with Crippen LogP contribution in [0.5, 0.6) is 0 Å². The Morgan fingerprint density at radius 1 is 0.694 bits per heavy atom. The SMILES string of the molecule is CC1(C)c2ncc[c-]c2-c2nccc3c2c1cc1ccccc13.[Ir].[c-]1ccccc1-c1ccccn1. The van der Waals surface area contributed by atoms with Crippen molar-refractivity contribution in [2.75, 3.05) is 0 Å². The first-order valence-corrected chi connectivity index (χ1v) is 11.7. The van der Waals surface area contributed by atoms with E-state index < -0.39 is 0 Å². The number of pyridine rings is 3. The molecule has 3 aromatic heterocycles. The van der Waals surface area contributed by atoms with Crippen LogP contribution in [0.15, 0.2) is 104 Å². The van der Waals surface area contributed by atoms with Gasteiger partial charge in [0.15, 0.2) is 0 Å². The van der Waals surface area contributed by atoms with Gasteiger partial charge in [-0.05, 0) is 61.7 Å². The van der Waals surface area contributed by atoms with E-state index in [4.69, 9.17) is 0 Å². The van der Waals surface area contributed by atoms with Crippen molar-refractivity contribution < 1.29 is 20.1 Å². The van der Waals surface area contributed by atoms with Crippen molar-refractivity contribution in [2.24, 2.45) is 0 Å². The maximum absolute atomic E-state index is 4.68. The summed E-state index contributed by atoms with van der Waals surface area (Å²) in [4.78, 5) is 13.6. The molecule has 0 N–H and O–H groups in total. The van der Waals surface area contributed by atoms with Gasteiger partial charge in [0.1, 0.15) is 0 Å². The van der Waals surface area contributed by atoms with Gasteiger partial charge in [0.25, 0.3) is 0 Å². The Bertz CT molecular complexity index is 1620. The summed E-state index contributed by atoms with van der Waals surface area (Å²) in [6.45, 7) is 4.48. The van der Waals surface area contributed by atoms with E-state index in [-0.39, 0.29) is 25.5 Å². The zero-order valence-corrected chi connectivity index (χ0v) is 22.4. The quantitative estimate of drug-likeness (QED) is 0.138. The Morgan fingerprint density at radius 2 is 1.53 bits per heavy atom. The Labute approximate surface area is 224 Å². The molecule has 4 heteroatoms. The van der Waals surface area contributed by atoms with E-state index >= 15 is 0 Å². The monoisotopic (exact) mass is 642 g/mol. The number of aromatic nitrogens is 3. The third-order valence-corrected chi connectivity index (χ3v) is 6.67. The minimum absolute atomic E-state index is 0. The fourth-order valence-electron chi connectivity index (χ4n) is 4.96. The zero-order valence-electron chi connectivity index (χ0n) is 20.0. The second-order valence-electron chi connectivity index (χ2n) is 9.16. The first-order valence-electron chi connectivity index (χ1n) is 11.7. The molecule has 0 saturated heterocycles. The first-order chi connectivity index (χ1) is 17.1. The zero-order chi connectivity index (χ0) is 23.8. The van der Waals surface area contributed by atoms with Crippen LogP contribution in [0, 0.1) is 12.1 Å². The molecule has 0 unspecified atom stereocenters. The third kappa shape index (κ3) is 4.03. The predicted octanol–water partition coefficient (Wildman–Crippen LogP) is 7.44. The summed E-state index contributed by atoms with van der Waals surface area (Å²) < 4.78 is 0. The molecule has 177 valence electrons. The van der Waals surface area contributed by atoms with E-state index in [9.17, 15) is 0 Å². The minimum atomic E-state index is -0.161. The molecular weight excluding hydrogens is 619 g/mol. The summed E-state index contributed by atoms with van der Waals surface area (Å²) in [5, 5.41) is 5.05. The van der Waals surface area contributed by atoms with Crippen LogP contribution >= 0.6 is 0 Å². The smallest absolute Gasteiger partial charge is 0.0167 e. The summed E-state index contributed by atoms with van der Waals surface area (Å²) >= 11 is 0. The second-order valence-corrected chi connectivity index (χ2v) is 9.16. The van der Waals surface area contributed by atoms with Gasteiger partial charge in [0.05, 0.1) is 0 Å². The summed E-state index contributed by atoms with van der Waals surface area (Å²) in [6, 6.07) is 35.1. The Morgan fingerprint density at radius 3 is 2.33 bits per heavy atom. The summed E-state index contributed by atoms with van der Waals surface area (Å²) in [5.41, 5.74) is 6.25. The largest absolute Gasteiger partial charge is 0.356 e. The van der Waals surface area contributed by atoms with Crippen molar-refractivity contribution in [2.45, 2.75) is 19.3 Å². The molecule has 0 saturated carbocycles. The number of hydrogen-bond acceptors (Lipinski definition) is 3. The minimum Gasteiger partial charge on any atom is -0.356 e. The third-order valence-electron chi connectivity index (χ3n) is 6.67. The van der Waals surface area contributed by atoms with Gasteiger partial charge >= 0.3 is 0 Å². The van der Waals surface area contributed by atoms with E-state index in [0.717, 1.165) is 28.2 Å².